The van der Waals surface area contributed by atoms with Crippen molar-refractivity contribution in [3.05, 3.63) is 18.6 Å². The van der Waals surface area contributed by atoms with E-state index in [-0.39, 0.29) is 0 Å². The Labute approximate surface area is 112 Å². The van der Waals surface area contributed by atoms with Crippen molar-refractivity contribution in [1.29, 1.82) is 0 Å². The van der Waals surface area contributed by atoms with Crippen LogP contribution in [0.1, 0.15) is 6.42 Å². The molecule has 0 aromatic carbocycles. The molecule has 0 saturated carbocycles. The SMILES string of the molecule is CNC1CCNC[C@@H]1N(C)c1ncnc2[nH]ccc12. The van der Waals surface area contributed by atoms with Crippen LogP contribution in [0.4, 0.5) is 5.82 Å². The van der Waals surface area contributed by atoms with E-state index in [0.717, 1.165) is 36.4 Å². The van der Waals surface area contributed by atoms with Crippen LogP contribution in [0.25, 0.3) is 11.0 Å². The maximum Gasteiger partial charge on any atom is 0.142 e. The minimum Gasteiger partial charge on any atom is -0.353 e. The zero-order valence-electron chi connectivity index (χ0n) is 11.3. The van der Waals surface area contributed by atoms with Crippen LogP contribution in [-0.4, -0.2) is 54.2 Å². The van der Waals surface area contributed by atoms with Gasteiger partial charge in [0.25, 0.3) is 0 Å². The maximum absolute atomic E-state index is 4.46. The Morgan fingerprint density at radius 3 is 3.16 bits per heavy atom. The quantitative estimate of drug-likeness (QED) is 0.743. The van der Waals surface area contributed by atoms with Gasteiger partial charge < -0.3 is 20.5 Å². The lowest BCUT2D eigenvalue weighted by Crippen LogP contribution is -2.57. The van der Waals surface area contributed by atoms with Gasteiger partial charge in [0, 0.05) is 25.8 Å². The van der Waals surface area contributed by atoms with Crippen molar-refractivity contribution in [1.82, 2.24) is 25.6 Å². The molecule has 0 spiro atoms. The van der Waals surface area contributed by atoms with Crippen LogP contribution in [0.15, 0.2) is 18.6 Å². The van der Waals surface area contributed by atoms with Crippen LogP contribution < -0.4 is 15.5 Å². The molecular weight excluding hydrogens is 240 g/mol. The molecule has 1 fully saturated rings. The van der Waals surface area contributed by atoms with E-state index >= 15 is 0 Å². The van der Waals surface area contributed by atoms with Crippen molar-refractivity contribution in [2.75, 3.05) is 32.1 Å². The fourth-order valence-electron chi connectivity index (χ4n) is 2.88. The van der Waals surface area contributed by atoms with Gasteiger partial charge in [-0.2, -0.15) is 0 Å². The molecule has 0 radical (unpaired) electrons. The highest BCUT2D eigenvalue weighted by molar-refractivity contribution is 5.87. The molecule has 3 heterocycles. The number of aromatic amines is 1. The smallest absolute Gasteiger partial charge is 0.142 e. The van der Waals surface area contributed by atoms with Gasteiger partial charge in [-0.1, -0.05) is 0 Å². The minimum absolute atomic E-state index is 0.395. The molecule has 0 bridgehead atoms. The first-order chi connectivity index (χ1) is 9.31. The third-order valence-corrected chi connectivity index (χ3v) is 3.99. The Morgan fingerprint density at radius 1 is 1.42 bits per heavy atom. The summed E-state index contributed by atoms with van der Waals surface area (Å²) in [5, 5.41) is 7.95. The standard InChI is InChI=1S/C13H20N6/c1-14-10-4-5-15-7-11(10)19(2)13-9-3-6-16-12(9)17-8-18-13/h3,6,8,10-11,14-15H,4-5,7H2,1-2H3,(H,16,17,18)/t10?,11-/m0/s1. The summed E-state index contributed by atoms with van der Waals surface area (Å²) in [5.74, 6) is 0.986. The van der Waals surface area contributed by atoms with Crippen molar-refractivity contribution < 1.29 is 0 Å². The third-order valence-electron chi connectivity index (χ3n) is 3.99. The molecule has 1 aliphatic heterocycles. The highest BCUT2D eigenvalue weighted by Crippen LogP contribution is 2.24. The monoisotopic (exact) mass is 260 g/mol. The molecule has 3 N–H and O–H groups in total. The molecule has 0 aliphatic carbocycles. The second kappa shape index (κ2) is 5.14. The molecule has 6 nitrogen and oxygen atoms in total. The van der Waals surface area contributed by atoms with E-state index in [1.165, 1.54) is 0 Å². The van der Waals surface area contributed by atoms with Crippen LogP contribution in [0.5, 0.6) is 0 Å². The van der Waals surface area contributed by atoms with Crippen molar-refractivity contribution in [2.24, 2.45) is 0 Å². The van der Waals surface area contributed by atoms with E-state index in [2.05, 4.69) is 37.5 Å². The number of anilines is 1. The number of hydrogen-bond donors (Lipinski definition) is 3. The Balaban J connectivity index is 1.94. The van der Waals surface area contributed by atoms with Gasteiger partial charge in [-0.15, -0.1) is 0 Å². The van der Waals surface area contributed by atoms with Gasteiger partial charge in [0.15, 0.2) is 0 Å². The number of likely N-dealkylation sites (N-methyl/N-ethyl adjacent to an activating group) is 2. The van der Waals surface area contributed by atoms with Crippen LogP contribution in [0.3, 0.4) is 0 Å². The molecule has 1 saturated heterocycles. The molecule has 2 atom stereocenters. The van der Waals surface area contributed by atoms with E-state index in [9.17, 15) is 0 Å². The van der Waals surface area contributed by atoms with Gasteiger partial charge in [0.05, 0.1) is 11.4 Å². The van der Waals surface area contributed by atoms with Gasteiger partial charge in [-0.25, -0.2) is 9.97 Å². The van der Waals surface area contributed by atoms with Crippen molar-refractivity contribution >= 4 is 16.9 Å². The number of rotatable bonds is 3. The summed E-state index contributed by atoms with van der Waals surface area (Å²) in [6.45, 7) is 2.04. The summed E-state index contributed by atoms with van der Waals surface area (Å²) >= 11 is 0. The second-order valence-electron chi connectivity index (χ2n) is 5.00. The first kappa shape index (κ1) is 12.4. The summed E-state index contributed by atoms with van der Waals surface area (Å²) in [6.07, 6.45) is 4.66. The average Bonchev–Trinajstić information content (AvgIpc) is 2.94. The van der Waals surface area contributed by atoms with Crippen molar-refractivity contribution in [3.63, 3.8) is 0 Å². The van der Waals surface area contributed by atoms with Crippen LogP contribution in [0, 0.1) is 0 Å². The predicted molar refractivity (Wildman–Crippen MR) is 76.4 cm³/mol. The summed E-state index contributed by atoms with van der Waals surface area (Å²) in [4.78, 5) is 14.1. The van der Waals surface area contributed by atoms with E-state index < -0.39 is 0 Å². The highest BCUT2D eigenvalue weighted by Gasteiger charge is 2.28. The maximum atomic E-state index is 4.46. The molecule has 1 unspecified atom stereocenters. The number of fused-ring (bicyclic) bond motifs is 1. The Morgan fingerprint density at radius 2 is 2.32 bits per heavy atom. The number of nitrogens with zero attached hydrogens (tertiary/aromatic N) is 3. The lowest BCUT2D eigenvalue weighted by Gasteiger charge is -2.39. The summed E-state index contributed by atoms with van der Waals surface area (Å²) < 4.78 is 0. The van der Waals surface area contributed by atoms with Gasteiger partial charge in [-0.05, 0) is 26.1 Å². The molecule has 1 aliphatic rings. The minimum atomic E-state index is 0.395. The molecule has 102 valence electrons. The van der Waals surface area contributed by atoms with Gasteiger partial charge in [0.1, 0.15) is 17.8 Å². The van der Waals surface area contributed by atoms with Crippen LogP contribution >= 0.6 is 0 Å². The topological polar surface area (TPSA) is 68.9 Å². The lowest BCUT2D eigenvalue weighted by atomic mass is 9.99. The summed E-state index contributed by atoms with van der Waals surface area (Å²) in [6, 6.07) is 2.91. The van der Waals surface area contributed by atoms with Crippen LogP contribution in [0.2, 0.25) is 0 Å². The molecule has 2 aromatic rings. The number of nitrogens with one attached hydrogen (secondary N) is 3. The van der Waals surface area contributed by atoms with Crippen molar-refractivity contribution in [2.45, 2.75) is 18.5 Å². The number of piperidine rings is 1. The summed E-state index contributed by atoms with van der Waals surface area (Å²) in [7, 11) is 4.14. The Kier molecular flexibility index (Phi) is 3.35. The van der Waals surface area contributed by atoms with Gasteiger partial charge in [0.2, 0.25) is 0 Å². The number of H-pyrrole nitrogens is 1. The van der Waals surface area contributed by atoms with Gasteiger partial charge in [-0.3, -0.25) is 0 Å². The molecular formula is C13H20N6. The number of hydrogen-bond acceptors (Lipinski definition) is 5. The predicted octanol–water partition coefficient (Wildman–Crippen LogP) is 0.344. The normalized spacial score (nSPS) is 23.7. The summed E-state index contributed by atoms with van der Waals surface area (Å²) in [5.41, 5.74) is 0.890. The largest absolute Gasteiger partial charge is 0.353 e. The fourth-order valence-corrected chi connectivity index (χ4v) is 2.88. The lowest BCUT2D eigenvalue weighted by molar-refractivity contribution is 0.350. The van der Waals surface area contributed by atoms with Gasteiger partial charge >= 0.3 is 0 Å². The third kappa shape index (κ3) is 2.17. The van der Waals surface area contributed by atoms with E-state index in [1.807, 2.05) is 19.3 Å². The zero-order valence-corrected chi connectivity index (χ0v) is 11.3. The molecule has 19 heavy (non-hydrogen) atoms. The highest BCUT2D eigenvalue weighted by atomic mass is 15.2. The van der Waals surface area contributed by atoms with Crippen molar-refractivity contribution in [3.8, 4) is 0 Å². The van der Waals surface area contributed by atoms with Crippen LogP contribution in [-0.2, 0) is 0 Å². The zero-order chi connectivity index (χ0) is 13.2. The van der Waals surface area contributed by atoms with E-state index in [4.69, 9.17) is 0 Å². The molecule has 2 aromatic heterocycles. The second-order valence-corrected chi connectivity index (χ2v) is 5.00. The number of aromatic nitrogens is 3. The van der Waals surface area contributed by atoms with E-state index in [0.29, 0.717) is 12.1 Å². The Hall–Kier alpha value is -1.66. The molecule has 6 heteroatoms. The average molecular weight is 260 g/mol. The first-order valence-electron chi connectivity index (χ1n) is 6.70. The molecule has 0 amide bonds. The Bertz CT molecular complexity index is 551. The van der Waals surface area contributed by atoms with E-state index in [1.54, 1.807) is 6.33 Å². The first-order valence-corrected chi connectivity index (χ1v) is 6.70. The molecule has 3 rings (SSSR count). The fraction of sp³-hybridized carbons (Fsp3) is 0.538.